The molecule has 0 aliphatic carbocycles. The molecule has 1 amide bonds. The number of nitrogens with zero attached hydrogens (tertiary/aromatic N) is 1. The van der Waals surface area contributed by atoms with Crippen LogP contribution >= 0.6 is 11.8 Å². The van der Waals surface area contributed by atoms with E-state index in [-0.39, 0.29) is 5.91 Å². The number of hydrogen-bond acceptors (Lipinski definition) is 3. The van der Waals surface area contributed by atoms with Gasteiger partial charge in [0.25, 0.3) is 5.91 Å². The summed E-state index contributed by atoms with van der Waals surface area (Å²) in [6.45, 7) is 6.08. The Morgan fingerprint density at radius 3 is 2.38 bits per heavy atom. The highest BCUT2D eigenvalue weighted by Crippen LogP contribution is 2.23. The fourth-order valence-corrected chi connectivity index (χ4v) is 5.45. The van der Waals surface area contributed by atoms with Crippen LogP contribution in [-0.4, -0.2) is 36.2 Å². The van der Waals surface area contributed by atoms with Crippen LogP contribution in [0, 0.1) is 12.8 Å². The van der Waals surface area contributed by atoms with Gasteiger partial charge < -0.3 is 5.32 Å². The predicted molar refractivity (Wildman–Crippen MR) is 144 cm³/mol. The van der Waals surface area contributed by atoms with E-state index in [1.165, 1.54) is 41.5 Å². The van der Waals surface area contributed by atoms with Gasteiger partial charge in [0.05, 0.1) is 0 Å². The third-order valence-electron chi connectivity index (χ3n) is 6.58. The van der Waals surface area contributed by atoms with E-state index in [0.717, 1.165) is 42.6 Å². The molecule has 0 aromatic heterocycles. The summed E-state index contributed by atoms with van der Waals surface area (Å²) in [5, 5.41) is 3.05. The van der Waals surface area contributed by atoms with E-state index in [9.17, 15) is 4.79 Å². The number of carbonyl (C=O) groups excluding carboxylic acids is 1. The summed E-state index contributed by atoms with van der Waals surface area (Å²) >= 11 is 1.85. The van der Waals surface area contributed by atoms with Gasteiger partial charge in [0.2, 0.25) is 0 Å². The smallest absolute Gasteiger partial charge is 0.251 e. The molecule has 0 bridgehead atoms. The molecule has 3 aromatic rings. The molecule has 1 aliphatic rings. The molecule has 0 unspecified atom stereocenters. The maximum Gasteiger partial charge on any atom is 0.251 e. The molecule has 1 heterocycles. The molecule has 3 aromatic carbocycles. The van der Waals surface area contributed by atoms with E-state index in [2.05, 4.69) is 83.9 Å². The second kappa shape index (κ2) is 12.8. The fraction of sp³-hybridized carbons (Fsp3) is 0.367. The van der Waals surface area contributed by atoms with Crippen molar-refractivity contribution in [2.75, 3.05) is 25.4 Å². The van der Waals surface area contributed by atoms with Crippen molar-refractivity contribution in [3.05, 3.63) is 107 Å². The lowest BCUT2D eigenvalue weighted by Gasteiger charge is -2.32. The Balaban J connectivity index is 1.13. The minimum Gasteiger partial charge on any atom is -0.351 e. The van der Waals surface area contributed by atoms with Crippen molar-refractivity contribution in [2.45, 2.75) is 38.5 Å². The van der Waals surface area contributed by atoms with Crippen LogP contribution in [0.4, 0.5) is 0 Å². The predicted octanol–water partition coefficient (Wildman–Crippen LogP) is 6.11. The van der Waals surface area contributed by atoms with Gasteiger partial charge in [-0.15, -0.1) is 0 Å². The second-order valence-corrected chi connectivity index (χ2v) is 10.5. The van der Waals surface area contributed by atoms with Gasteiger partial charge in [0.15, 0.2) is 0 Å². The molecule has 1 fully saturated rings. The van der Waals surface area contributed by atoms with Crippen LogP contribution in [0.5, 0.6) is 0 Å². The first-order chi connectivity index (χ1) is 16.7. The van der Waals surface area contributed by atoms with E-state index in [0.29, 0.717) is 6.54 Å². The Bertz CT molecular complexity index is 1030. The molecule has 1 saturated heterocycles. The van der Waals surface area contributed by atoms with Crippen molar-refractivity contribution in [3.8, 4) is 0 Å². The lowest BCUT2D eigenvalue weighted by molar-refractivity contribution is 0.0956. The van der Waals surface area contributed by atoms with Crippen LogP contribution in [0.1, 0.15) is 45.5 Å². The van der Waals surface area contributed by atoms with E-state index in [4.69, 9.17) is 0 Å². The van der Waals surface area contributed by atoms with Crippen LogP contribution in [0.2, 0.25) is 0 Å². The minimum absolute atomic E-state index is 0.0180. The summed E-state index contributed by atoms with van der Waals surface area (Å²) in [5.41, 5.74) is 6.12. The molecule has 0 saturated carbocycles. The molecule has 1 N–H and O–H groups in total. The van der Waals surface area contributed by atoms with Crippen LogP contribution < -0.4 is 5.32 Å². The summed E-state index contributed by atoms with van der Waals surface area (Å²) in [6.07, 6.45) is 3.72. The Kier molecular flexibility index (Phi) is 9.23. The topological polar surface area (TPSA) is 32.3 Å². The molecular weight excluding hydrogens is 436 g/mol. The number of aryl methyl sites for hydroxylation is 1. The molecule has 0 radical (unpaired) electrons. The average molecular weight is 473 g/mol. The van der Waals surface area contributed by atoms with Gasteiger partial charge in [-0.1, -0.05) is 72.3 Å². The highest BCUT2D eigenvalue weighted by Gasteiger charge is 2.19. The van der Waals surface area contributed by atoms with Gasteiger partial charge >= 0.3 is 0 Å². The third-order valence-corrected chi connectivity index (χ3v) is 7.61. The van der Waals surface area contributed by atoms with Gasteiger partial charge in [-0.3, -0.25) is 9.69 Å². The minimum atomic E-state index is 0.0180. The molecule has 34 heavy (non-hydrogen) atoms. The Labute approximate surface area is 209 Å². The van der Waals surface area contributed by atoms with Crippen LogP contribution in [-0.2, 0) is 18.7 Å². The summed E-state index contributed by atoms with van der Waals surface area (Å²) in [5.74, 6) is 2.71. The lowest BCUT2D eigenvalue weighted by atomic mass is 9.90. The average Bonchev–Trinajstić information content (AvgIpc) is 2.86. The number of amides is 1. The van der Waals surface area contributed by atoms with E-state index in [1.807, 2.05) is 23.9 Å². The van der Waals surface area contributed by atoms with Gasteiger partial charge in [-0.2, -0.15) is 11.8 Å². The van der Waals surface area contributed by atoms with Gasteiger partial charge in [-0.05, 0) is 74.0 Å². The number of thioether (sulfide) groups is 1. The summed E-state index contributed by atoms with van der Waals surface area (Å²) in [4.78, 5) is 15.0. The molecule has 4 rings (SSSR count). The number of likely N-dealkylation sites (tertiary alicyclic amines) is 1. The first-order valence-electron chi connectivity index (χ1n) is 12.4. The first-order valence-corrected chi connectivity index (χ1v) is 13.6. The summed E-state index contributed by atoms with van der Waals surface area (Å²) < 4.78 is 0. The molecule has 1 aliphatic heterocycles. The standard InChI is InChI=1S/C30H36N2OS/c1-24-6-5-9-28(20-24)23-34-19-16-31-30(33)29-12-10-27(11-13-29)22-32-17-14-26(15-18-32)21-25-7-3-2-4-8-25/h2-13,20,26H,14-19,21-23H2,1H3,(H,31,33). The van der Waals surface area contributed by atoms with Gasteiger partial charge in [0, 0.05) is 30.2 Å². The number of nitrogens with one attached hydrogen (secondary N) is 1. The van der Waals surface area contributed by atoms with Crippen LogP contribution in [0.3, 0.4) is 0 Å². The maximum absolute atomic E-state index is 12.5. The zero-order chi connectivity index (χ0) is 23.6. The number of rotatable bonds is 10. The highest BCUT2D eigenvalue weighted by atomic mass is 32.2. The third kappa shape index (κ3) is 7.75. The number of carbonyl (C=O) groups is 1. The zero-order valence-corrected chi connectivity index (χ0v) is 21.0. The molecule has 0 spiro atoms. The molecule has 4 heteroatoms. The van der Waals surface area contributed by atoms with E-state index in [1.54, 1.807) is 0 Å². The highest BCUT2D eigenvalue weighted by molar-refractivity contribution is 7.98. The van der Waals surface area contributed by atoms with Gasteiger partial charge in [-0.25, -0.2) is 0 Å². The normalized spacial score (nSPS) is 14.7. The Morgan fingerprint density at radius 1 is 0.912 bits per heavy atom. The van der Waals surface area contributed by atoms with Crippen molar-refractivity contribution in [1.29, 1.82) is 0 Å². The number of piperidine rings is 1. The van der Waals surface area contributed by atoms with Crippen LogP contribution in [0.25, 0.3) is 0 Å². The molecule has 178 valence electrons. The SMILES string of the molecule is Cc1cccc(CSCCNC(=O)c2ccc(CN3CCC(Cc4ccccc4)CC3)cc2)c1. The lowest BCUT2D eigenvalue weighted by Crippen LogP contribution is -2.33. The van der Waals surface area contributed by atoms with Crippen molar-refractivity contribution in [2.24, 2.45) is 5.92 Å². The molecule has 3 nitrogen and oxygen atoms in total. The largest absolute Gasteiger partial charge is 0.351 e. The number of benzene rings is 3. The molecule has 0 atom stereocenters. The van der Waals surface area contributed by atoms with Gasteiger partial charge in [0.1, 0.15) is 0 Å². The van der Waals surface area contributed by atoms with Crippen molar-refractivity contribution >= 4 is 17.7 Å². The Morgan fingerprint density at radius 2 is 1.65 bits per heavy atom. The summed E-state index contributed by atoms with van der Waals surface area (Å²) in [7, 11) is 0. The monoisotopic (exact) mass is 472 g/mol. The number of hydrogen-bond donors (Lipinski definition) is 1. The Hall–Kier alpha value is -2.56. The zero-order valence-electron chi connectivity index (χ0n) is 20.2. The van der Waals surface area contributed by atoms with E-state index < -0.39 is 0 Å². The van der Waals surface area contributed by atoms with Crippen molar-refractivity contribution in [3.63, 3.8) is 0 Å². The van der Waals surface area contributed by atoms with Crippen molar-refractivity contribution in [1.82, 2.24) is 10.2 Å². The maximum atomic E-state index is 12.5. The fourth-order valence-electron chi connectivity index (χ4n) is 4.65. The summed E-state index contributed by atoms with van der Waals surface area (Å²) in [6, 6.07) is 27.6. The van der Waals surface area contributed by atoms with Crippen molar-refractivity contribution < 1.29 is 4.79 Å². The molecular formula is C30H36N2OS. The quantitative estimate of drug-likeness (QED) is 0.361. The van der Waals surface area contributed by atoms with E-state index >= 15 is 0 Å². The second-order valence-electron chi connectivity index (χ2n) is 9.40. The first kappa shape index (κ1) is 24.6. The van der Waals surface area contributed by atoms with Crippen LogP contribution in [0.15, 0.2) is 78.9 Å².